The Balaban J connectivity index is 2.14. The Hall–Kier alpha value is -1.65. The molecular formula is C15H18ClN3O. The Morgan fingerprint density at radius 1 is 1.15 bits per heavy atom. The van der Waals surface area contributed by atoms with Crippen LogP contribution >= 0.6 is 11.6 Å². The summed E-state index contributed by atoms with van der Waals surface area (Å²) >= 11 is 5.91. The zero-order chi connectivity index (χ0) is 14.4. The first-order valence-corrected chi connectivity index (χ1v) is 6.96. The molecule has 0 spiro atoms. The largest absolute Gasteiger partial charge is 0.480 e. The predicted octanol–water partition coefficient (Wildman–Crippen LogP) is 3.03. The van der Waals surface area contributed by atoms with Crippen molar-refractivity contribution in [1.29, 1.82) is 0 Å². The van der Waals surface area contributed by atoms with Gasteiger partial charge >= 0.3 is 0 Å². The van der Waals surface area contributed by atoms with Crippen molar-refractivity contribution in [3.63, 3.8) is 0 Å². The maximum Gasteiger partial charge on any atom is 0.233 e. The molecule has 1 N–H and O–H groups in total. The zero-order valence-corrected chi connectivity index (χ0v) is 12.4. The van der Waals surface area contributed by atoms with Crippen LogP contribution in [0, 0.1) is 0 Å². The molecule has 2 aromatic rings. The highest BCUT2D eigenvalue weighted by atomic mass is 35.5. The lowest BCUT2D eigenvalue weighted by atomic mass is 10.0. The molecule has 1 unspecified atom stereocenters. The maximum absolute atomic E-state index is 5.91. The summed E-state index contributed by atoms with van der Waals surface area (Å²) in [5, 5.41) is 12.4. The molecule has 20 heavy (non-hydrogen) atoms. The van der Waals surface area contributed by atoms with Crippen molar-refractivity contribution in [2.75, 3.05) is 13.7 Å². The smallest absolute Gasteiger partial charge is 0.233 e. The maximum atomic E-state index is 5.91. The Labute approximate surface area is 124 Å². The fourth-order valence-electron chi connectivity index (χ4n) is 2.01. The summed E-state index contributed by atoms with van der Waals surface area (Å²) in [5.41, 5.74) is 2.11. The summed E-state index contributed by atoms with van der Waals surface area (Å²) in [5.74, 6) is 0.524. The Bertz CT molecular complexity index is 528. The molecule has 0 aliphatic rings. The van der Waals surface area contributed by atoms with Crippen molar-refractivity contribution in [2.24, 2.45) is 0 Å². The number of ether oxygens (including phenoxy) is 1. The normalized spacial score (nSPS) is 12.2. The predicted molar refractivity (Wildman–Crippen MR) is 80.2 cm³/mol. The second-order valence-electron chi connectivity index (χ2n) is 4.44. The number of rotatable bonds is 6. The molecule has 4 nitrogen and oxygen atoms in total. The molecule has 0 saturated heterocycles. The van der Waals surface area contributed by atoms with Gasteiger partial charge in [-0.25, -0.2) is 0 Å². The molecule has 106 valence electrons. The minimum atomic E-state index is 0.125. The third-order valence-electron chi connectivity index (χ3n) is 3.03. The van der Waals surface area contributed by atoms with E-state index >= 15 is 0 Å². The van der Waals surface area contributed by atoms with Crippen LogP contribution in [0.5, 0.6) is 5.88 Å². The Kier molecular flexibility index (Phi) is 5.32. The highest BCUT2D eigenvalue weighted by Gasteiger charge is 2.13. The van der Waals surface area contributed by atoms with Crippen LogP contribution < -0.4 is 10.1 Å². The number of nitrogens with zero attached hydrogens (tertiary/aromatic N) is 2. The Morgan fingerprint density at radius 2 is 1.90 bits per heavy atom. The van der Waals surface area contributed by atoms with E-state index in [4.69, 9.17) is 16.3 Å². The first-order valence-electron chi connectivity index (χ1n) is 6.58. The summed E-state index contributed by atoms with van der Waals surface area (Å²) < 4.78 is 5.03. The van der Waals surface area contributed by atoms with Crippen LogP contribution in [0.1, 0.15) is 24.2 Å². The molecule has 5 heteroatoms. The summed E-state index contributed by atoms with van der Waals surface area (Å²) in [6, 6.07) is 11.8. The monoisotopic (exact) mass is 291 g/mol. The minimum absolute atomic E-state index is 0.125. The molecule has 0 fully saturated rings. The number of halogens is 1. The van der Waals surface area contributed by atoms with Crippen LogP contribution in [-0.2, 0) is 6.42 Å². The molecule has 0 aliphatic carbocycles. The average molecular weight is 292 g/mol. The van der Waals surface area contributed by atoms with E-state index in [2.05, 4.69) is 22.4 Å². The summed E-state index contributed by atoms with van der Waals surface area (Å²) in [6.07, 6.45) is 0.839. The number of methoxy groups -OCH3 is 1. The summed E-state index contributed by atoms with van der Waals surface area (Å²) in [4.78, 5) is 0. The van der Waals surface area contributed by atoms with Gasteiger partial charge in [0.1, 0.15) is 0 Å². The standard InChI is InChI=1S/C15H18ClN3O/c1-3-17-14(10-11-4-6-12(16)7-5-11)13-8-9-15(20-2)19-18-13/h4-9,14,17H,3,10H2,1-2H3. The van der Waals surface area contributed by atoms with Crippen molar-refractivity contribution < 1.29 is 4.74 Å². The molecular weight excluding hydrogens is 274 g/mol. The van der Waals surface area contributed by atoms with Crippen molar-refractivity contribution in [3.05, 3.63) is 52.7 Å². The number of aromatic nitrogens is 2. The van der Waals surface area contributed by atoms with Crippen LogP contribution in [0.4, 0.5) is 0 Å². The average Bonchev–Trinajstić information content (AvgIpc) is 2.49. The first kappa shape index (κ1) is 14.8. The molecule has 1 heterocycles. The zero-order valence-electron chi connectivity index (χ0n) is 11.6. The van der Waals surface area contributed by atoms with Crippen molar-refractivity contribution in [3.8, 4) is 5.88 Å². The molecule has 0 amide bonds. The highest BCUT2D eigenvalue weighted by Crippen LogP contribution is 2.19. The van der Waals surface area contributed by atoms with Crippen LogP contribution in [-0.4, -0.2) is 23.9 Å². The van der Waals surface area contributed by atoms with E-state index in [1.807, 2.05) is 36.4 Å². The van der Waals surface area contributed by atoms with Gasteiger partial charge < -0.3 is 10.1 Å². The van der Waals surface area contributed by atoms with Crippen LogP contribution in [0.3, 0.4) is 0 Å². The second kappa shape index (κ2) is 7.22. The molecule has 0 bridgehead atoms. The van der Waals surface area contributed by atoms with Gasteiger partial charge in [-0.3, -0.25) is 0 Å². The van der Waals surface area contributed by atoms with Gasteiger partial charge in [-0.2, -0.15) is 5.10 Å². The topological polar surface area (TPSA) is 47.0 Å². The van der Waals surface area contributed by atoms with Gasteiger partial charge in [0.2, 0.25) is 5.88 Å². The lowest BCUT2D eigenvalue weighted by molar-refractivity contribution is 0.389. The minimum Gasteiger partial charge on any atom is -0.480 e. The van der Waals surface area contributed by atoms with E-state index in [1.165, 1.54) is 5.56 Å². The van der Waals surface area contributed by atoms with Gasteiger partial charge in [0.05, 0.1) is 18.8 Å². The number of hydrogen-bond acceptors (Lipinski definition) is 4. The molecule has 2 rings (SSSR count). The molecule has 0 radical (unpaired) electrons. The molecule has 1 atom stereocenters. The van der Waals surface area contributed by atoms with Crippen molar-refractivity contribution in [1.82, 2.24) is 15.5 Å². The Morgan fingerprint density at radius 3 is 2.45 bits per heavy atom. The van der Waals surface area contributed by atoms with Gasteiger partial charge in [0.15, 0.2) is 0 Å². The van der Waals surface area contributed by atoms with Crippen LogP contribution in [0.25, 0.3) is 0 Å². The number of likely N-dealkylation sites (N-methyl/N-ethyl adjacent to an activating group) is 1. The van der Waals surface area contributed by atoms with E-state index in [9.17, 15) is 0 Å². The first-order chi connectivity index (χ1) is 9.72. The third-order valence-corrected chi connectivity index (χ3v) is 3.28. The van der Waals surface area contributed by atoms with Crippen LogP contribution in [0.2, 0.25) is 5.02 Å². The molecule has 1 aromatic heterocycles. The van der Waals surface area contributed by atoms with Gasteiger partial charge in [-0.1, -0.05) is 30.7 Å². The number of benzene rings is 1. The van der Waals surface area contributed by atoms with E-state index in [1.54, 1.807) is 7.11 Å². The van der Waals surface area contributed by atoms with Gasteiger partial charge in [-0.05, 0) is 36.7 Å². The van der Waals surface area contributed by atoms with Crippen LogP contribution in [0.15, 0.2) is 36.4 Å². The molecule has 0 saturated carbocycles. The highest BCUT2D eigenvalue weighted by molar-refractivity contribution is 6.30. The van der Waals surface area contributed by atoms with Gasteiger partial charge in [0.25, 0.3) is 0 Å². The SMILES string of the molecule is CCNC(Cc1ccc(Cl)cc1)c1ccc(OC)nn1. The number of nitrogens with one attached hydrogen (secondary N) is 1. The van der Waals surface area contributed by atoms with Gasteiger partial charge in [-0.15, -0.1) is 5.10 Å². The van der Waals surface area contributed by atoms with Gasteiger partial charge in [0, 0.05) is 11.1 Å². The van der Waals surface area contributed by atoms with E-state index < -0.39 is 0 Å². The summed E-state index contributed by atoms with van der Waals surface area (Å²) in [7, 11) is 1.58. The fourth-order valence-corrected chi connectivity index (χ4v) is 2.13. The third kappa shape index (κ3) is 3.92. The van der Waals surface area contributed by atoms with Crippen molar-refractivity contribution in [2.45, 2.75) is 19.4 Å². The second-order valence-corrected chi connectivity index (χ2v) is 4.88. The molecule has 0 aliphatic heterocycles. The van der Waals surface area contributed by atoms with E-state index in [-0.39, 0.29) is 6.04 Å². The fraction of sp³-hybridized carbons (Fsp3) is 0.333. The van der Waals surface area contributed by atoms with E-state index in [0.29, 0.717) is 5.88 Å². The quantitative estimate of drug-likeness (QED) is 0.889. The lowest BCUT2D eigenvalue weighted by Gasteiger charge is -2.17. The number of hydrogen-bond donors (Lipinski definition) is 1. The lowest BCUT2D eigenvalue weighted by Crippen LogP contribution is -2.24. The van der Waals surface area contributed by atoms with Crippen molar-refractivity contribution >= 4 is 11.6 Å². The summed E-state index contributed by atoms with van der Waals surface area (Å²) in [6.45, 7) is 2.94. The molecule has 1 aromatic carbocycles. The van der Waals surface area contributed by atoms with E-state index in [0.717, 1.165) is 23.7 Å².